The molecule has 1 fully saturated rings. The first-order chi connectivity index (χ1) is 9.61. The van der Waals surface area contributed by atoms with Crippen molar-refractivity contribution in [2.75, 3.05) is 13.1 Å². The van der Waals surface area contributed by atoms with Gasteiger partial charge >= 0.3 is 0 Å². The third-order valence-corrected chi connectivity index (χ3v) is 3.83. The van der Waals surface area contributed by atoms with Gasteiger partial charge in [0.2, 0.25) is 0 Å². The Bertz CT molecular complexity index is 684. The SMILES string of the molecule is N[C@@H]1CCCN(Cc2cc(=O)n3cc(Cl)ccc3n2)C1. The Morgan fingerprint density at radius 3 is 3.10 bits per heavy atom. The summed E-state index contributed by atoms with van der Waals surface area (Å²) >= 11 is 5.89. The largest absolute Gasteiger partial charge is 0.327 e. The number of halogens is 1. The molecule has 5 nitrogen and oxygen atoms in total. The van der Waals surface area contributed by atoms with Gasteiger partial charge in [-0.2, -0.15) is 0 Å². The Balaban J connectivity index is 1.89. The van der Waals surface area contributed by atoms with E-state index in [0.29, 0.717) is 17.2 Å². The van der Waals surface area contributed by atoms with Gasteiger partial charge in [0, 0.05) is 31.4 Å². The van der Waals surface area contributed by atoms with E-state index in [1.54, 1.807) is 24.4 Å². The number of piperidine rings is 1. The van der Waals surface area contributed by atoms with Crippen molar-refractivity contribution in [1.29, 1.82) is 0 Å². The smallest absolute Gasteiger partial charge is 0.258 e. The van der Waals surface area contributed by atoms with Crippen LogP contribution in [0.4, 0.5) is 0 Å². The minimum absolute atomic E-state index is 0.103. The molecule has 2 aromatic heterocycles. The maximum atomic E-state index is 12.1. The summed E-state index contributed by atoms with van der Waals surface area (Å²) in [7, 11) is 0. The number of hydrogen-bond donors (Lipinski definition) is 1. The van der Waals surface area contributed by atoms with Gasteiger partial charge in [0.1, 0.15) is 5.65 Å². The molecule has 0 aromatic carbocycles. The number of fused-ring (bicyclic) bond motifs is 1. The topological polar surface area (TPSA) is 63.6 Å². The van der Waals surface area contributed by atoms with Crippen LogP contribution < -0.4 is 11.3 Å². The molecule has 1 aliphatic heterocycles. The molecular weight excluding hydrogens is 276 g/mol. The minimum atomic E-state index is -0.103. The van der Waals surface area contributed by atoms with E-state index in [4.69, 9.17) is 17.3 Å². The molecule has 6 heteroatoms. The molecule has 0 radical (unpaired) electrons. The Hall–Kier alpha value is -1.43. The number of pyridine rings is 1. The fourth-order valence-electron chi connectivity index (χ4n) is 2.67. The number of hydrogen-bond acceptors (Lipinski definition) is 4. The summed E-state index contributed by atoms with van der Waals surface area (Å²) in [6.45, 7) is 2.54. The fourth-order valence-corrected chi connectivity index (χ4v) is 2.83. The van der Waals surface area contributed by atoms with Crippen LogP contribution in [0.5, 0.6) is 0 Å². The molecule has 106 valence electrons. The third kappa shape index (κ3) is 2.85. The number of likely N-dealkylation sites (tertiary alicyclic amines) is 1. The Morgan fingerprint density at radius 1 is 1.45 bits per heavy atom. The Morgan fingerprint density at radius 2 is 2.30 bits per heavy atom. The predicted octanol–water partition coefficient (Wildman–Crippen LogP) is 1.27. The van der Waals surface area contributed by atoms with Crippen LogP contribution in [-0.2, 0) is 6.54 Å². The van der Waals surface area contributed by atoms with Crippen molar-refractivity contribution in [2.45, 2.75) is 25.4 Å². The molecule has 0 spiro atoms. The van der Waals surface area contributed by atoms with Crippen LogP contribution in [0.25, 0.3) is 5.65 Å². The number of rotatable bonds is 2. The second-order valence-corrected chi connectivity index (χ2v) is 5.74. The minimum Gasteiger partial charge on any atom is -0.327 e. The Labute approximate surface area is 122 Å². The maximum Gasteiger partial charge on any atom is 0.258 e. The predicted molar refractivity (Wildman–Crippen MR) is 79.0 cm³/mol. The number of nitrogens with two attached hydrogens (primary N) is 1. The highest BCUT2D eigenvalue weighted by atomic mass is 35.5. The Kier molecular flexibility index (Phi) is 3.74. The molecule has 3 heterocycles. The summed E-state index contributed by atoms with van der Waals surface area (Å²) in [5.74, 6) is 0. The van der Waals surface area contributed by atoms with Crippen molar-refractivity contribution in [3.8, 4) is 0 Å². The van der Waals surface area contributed by atoms with Crippen LogP contribution in [0.15, 0.2) is 29.2 Å². The molecule has 1 saturated heterocycles. The highest BCUT2D eigenvalue weighted by Gasteiger charge is 2.17. The van der Waals surface area contributed by atoms with E-state index in [2.05, 4.69) is 9.88 Å². The van der Waals surface area contributed by atoms with Crippen LogP contribution in [-0.4, -0.2) is 33.4 Å². The quantitative estimate of drug-likeness (QED) is 0.905. The van der Waals surface area contributed by atoms with Gasteiger partial charge < -0.3 is 5.73 Å². The summed E-state index contributed by atoms with van der Waals surface area (Å²) in [5, 5.41) is 0.524. The lowest BCUT2D eigenvalue weighted by Gasteiger charge is -2.30. The lowest BCUT2D eigenvalue weighted by Crippen LogP contribution is -2.42. The van der Waals surface area contributed by atoms with Crippen molar-refractivity contribution in [1.82, 2.24) is 14.3 Å². The van der Waals surface area contributed by atoms with Gasteiger partial charge in [-0.25, -0.2) is 4.98 Å². The molecule has 1 atom stereocenters. The first-order valence-corrected chi connectivity index (χ1v) is 7.15. The number of nitrogens with zero attached hydrogens (tertiary/aromatic N) is 3. The third-order valence-electron chi connectivity index (χ3n) is 3.60. The first kappa shape index (κ1) is 13.5. The molecule has 20 heavy (non-hydrogen) atoms. The summed E-state index contributed by atoms with van der Waals surface area (Å²) in [5.41, 5.74) is 7.28. The number of aromatic nitrogens is 2. The summed E-state index contributed by atoms with van der Waals surface area (Å²) in [6.07, 6.45) is 3.76. The highest BCUT2D eigenvalue weighted by molar-refractivity contribution is 6.30. The van der Waals surface area contributed by atoms with Crippen LogP contribution in [0.2, 0.25) is 5.02 Å². The lowest BCUT2D eigenvalue weighted by molar-refractivity contribution is 0.199. The van der Waals surface area contributed by atoms with Gasteiger partial charge in [-0.3, -0.25) is 14.1 Å². The molecule has 0 amide bonds. The molecule has 0 bridgehead atoms. The van der Waals surface area contributed by atoms with Crippen molar-refractivity contribution in [3.05, 3.63) is 45.5 Å². The van der Waals surface area contributed by atoms with E-state index in [9.17, 15) is 4.79 Å². The second kappa shape index (κ2) is 5.52. The van der Waals surface area contributed by atoms with Crippen LogP contribution in [0.3, 0.4) is 0 Å². The molecule has 2 N–H and O–H groups in total. The van der Waals surface area contributed by atoms with Gasteiger partial charge in [-0.05, 0) is 31.5 Å². The first-order valence-electron chi connectivity index (χ1n) is 6.77. The zero-order valence-corrected chi connectivity index (χ0v) is 11.9. The zero-order chi connectivity index (χ0) is 14.1. The molecule has 3 rings (SSSR count). The van der Waals surface area contributed by atoms with Crippen molar-refractivity contribution < 1.29 is 0 Å². The van der Waals surface area contributed by atoms with E-state index in [0.717, 1.165) is 31.6 Å². The molecule has 0 saturated carbocycles. The van der Waals surface area contributed by atoms with Gasteiger partial charge in [0.05, 0.1) is 10.7 Å². The summed E-state index contributed by atoms with van der Waals surface area (Å²) < 4.78 is 1.47. The zero-order valence-electron chi connectivity index (χ0n) is 11.1. The van der Waals surface area contributed by atoms with E-state index in [1.807, 2.05) is 0 Å². The molecule has 1 aliphatic rings. The summed E-state index contributed by atoms with van der Waals surface area (Å²) in [6, 6.07) is 5.30. The fraction of sp³-hybridized carbons (Fsp3) is 0.429. The maximum absolute atomic E-state index is 12.1. The molecule has 2 aromatic rings. The van der Waals surface area contributed by atoms with Gasteiger partial charge in [0.25, 0.3) is 5.56 Å². The molecule has 0 aliphatic carbocycles. The van der Waals surface area contributed by atoms with E-state index < -0.39 is 0 Å². The van der Waals surface area contributed by atoms with E-state index in [-0.39, 0.29) is 11.6 Å². The summed E-state index contributed by atoms with van der Waals surface area (Å²) in [4.78, 5) is 18.8. The van der Waals surface area contributed by atoms with Crippen molar-refractivity contribution in [2.24, 2.45) is 5.73 Å². The molecular formula is C14H17ClN4O. The highest BCUT2D eigenvalue weighted by Crippen LogP contribution is 2.12. The van der Waals surface area contributed by atoms with E-state index in [1.165, 1.54) is 4.40 Å². The molecule has 0 unspecified atom stereocenters. The average molecular weight is 293 g/mol. The monoisotopic (exact) mass is 292 g/mol. The average Bonchev–Trinajstić information content (AvgIpc) is 2.40. The van der Waals surface area contributed by atoms with Gasteiger partial charge in [-0.1, -0.05) is 11.6 Å². The standard InChI is InChI=1S/C14H17ClN4O/c15-10-3-4-13-17-12(6-14(20)19(13)7-10)9-18-5-1-2-11(16)8-18/h3-4,6-7,11H,1-2,5,8-9,16H2/t11-/m1/s1. The lowest BCUT2D eigenvalue weighted by atomic mass is 10.1. The van der Waals surface area contributed by atoms with Crippen LogP contribution >= 0.6 is 11.6 Å². The normalized spacial score (nSPS) is 20.4. The van der Waals surface area contributed by atoms with E-state index >= 15 is 0 Å². The van der Waals surface area contributed by atoms with Crippen LogP contribution in [0, 0.1) is 0 Å². The van der Waals surface area contributed by atoms with Crippen molar-refractivity contribution >= 4 is 17.2 Å². The van der Waals surface area contributed by atoms with Crippen molar-refractivity contribution in [3.63, 3.8) is 0 Å². The second-order valence-electron chi connectivity index (χ2n) is 5.30. The van der Waals surface area contributed by atoms with Gasteiger partial charge in [0.15, 0.2) is 0 Å². The van der Waals surface area contributed by atoms with Gasteiger partial charge in [-0.15, -0.1) is 0 Å². The van der Waals surface area contributed by atoms with Crippen LogP contribution in [0.1, 0.15) is 18.5 Å².